The average molecular weight is 348 g/mol. The van der Waals surface area contributed by atoms with Gasteiger partial charge in [0.15, 0.2) is 6.10 Å². The van der Waals surface area contributed by atoms with E-state index in [-0.39, 0.29) is 22.0 Å². The van der Waals surface area contributed by atoms with Gasteiger partial charge in [-0.15, -0.1) is 0 Å². The minimum Gasteiger partial charge on any atom is -0.449 e. The minimum absolute atomic E-state index is 0.136. The zero-order valence-electron chi connectivity index (χ0n) is 12.7. The molecule has 0 aliphatic rings. The van der Waals surface area contributed by atoms with Crippen LogP contribution in [0.4, 0.5) is 5.69 Å². The van der Waals surface area contributed by atoms with Crippen molar-refractivity contribution in [1.29, 1.82) is 0 Å². The lowest BCUT2D eigenvalue weighted by Gasteiger charge is -2.14. The molecular weight excluding hydrogens is 334 g/mol. The number of para-hydroxylation sites is 1. The minimum atomic E-state index is -1.09. The molecule has 0 radical (unpaired) electrons. The van der Waals surface area contributed by atoms with Gasteiger partial charge in [0, 0.05) is 6.20 Å². The Morgan fingerprint density at radius 3 is 2.62 bits per heavy atom. The number of anilines is 1. The van der Waals surface area contributed by atoms with Gasteiger partial charge in [0.1, 0.15) is 5.15 Å². The van der Waals surface area contributed by atoms with Crippen LogP contribution in [0.25, 0.3) is 0 Å². The summed E-state index contributed by atoms with van der Waals surface area (Å²) >= 11 is 5.70. The summed E-state index contributed by atoms with van der Waals surface area (Å²) < 4.78 is 5.07. The number of carbonyl (C=O) groups excluding carboxylic acids is 3. The van der Waals surface area contributed by atoms with Crippen LogP contribution in [0.2, 0.25) is 5.15 Å². The van der Waals surface area contributed by atoms with Gasteiger partial charge in [-0.25, -0.2) is 9.78 Å². The Bertz CT molecular complexity index is 794. The first kappa shape index (κ1) is 17.4. The lowest BCUT2D eigenvalue weighted by Crippen LogP contribution is -2.31. The van der Waals surface area contributed by atoms with Gasteiger partial charge in [-0.2, -0.15) is 0 Å². The van der Waals surface area contributed by atoms with Crippen LogP contribution in [0.1, 0.15) is 27.6 Å². The fraction of sp³-hybridized carbons (Fsp3) is 0.125. The molecular formula is C16H14ClN3O4. The Hall–Kier alpha value is -2.93. The fourth-order valence-electron chi connectivity index (χ4n) is 1.85. The molecule has 124 valence electrons. The molecule has 0 bridgehead atoms. The number of nitrogens with one attached hydrogen (secondary N) is 1. The van der Waals surface area contributed by atoms with Gasteiger partial charge < -0.3 is 15.8 Å². The van der Waals surface area contributed by atoms with Crippen molar-refractivity contribution in [3.8, 4) is 0 Å². The standard InChI is InChI=1S/C16H14ClN3O4/c1-9(24-16(23)10-6-7-19-13(17)8-10)15(22)20-12-5-3-2-4-11(12)14(18)21/h2-9H,1H3,(H2,18,21)(H,20,22). The zero-order valence-corrected chi connectivity index (χ0v) is 13.4. The van der Waals surface area contributed by atoms with E-state index in [1.807, 2.05) is 0 Å². The van der Waals surface area contributed by atoms with E-state index in [0.717, 1.165) is 0 Å². The maximum absolute atomic E-state index is 12.1. The molecule has 1 aromatic carbocycles. The SMILES string of the molecule is CC(OC(=O)c1ccnc(Cl)c1)C(=O)Nc1ccccc1C(N)=O. The molecule has 8 heteroatoms. The largest absolute Gasteiger partial charge is 0.449 e. The molecule has 2 aromatic rings. The van der Waals surface area contributed by atoms with Crippen molar-refractivity contribution in [1.82, 2.24) is 4.98 Å². The van der Waals surface area contributed by atoms with Crippen LogP contribution >= 0.6 is 11.6 Å². The zero-order chi connectivity index (χ0) is 17.7. The summed E-state index contributed by atoms with van der Waals surface area (Å²) in [4.78, 5) is 39.2. The van der Waals surface area contributed by atoms with E-state index in [1.165, 1.54) is 37.4 Å². The van der Waals surface area contributed by atoms with Crippen LogP contribution in [0, 0.1) is 0 Å². The smallest absolute Gasteiger partial charge is 0.339 e. The van der Waals surface area contributed by atoms with E-state index in [1.54, 1.807) is 12.1 Å². The third kappa shape index (κ3) is 4.30. The number of rotatable bonds is 5. The van der Waals surface area contributed by atoms with Crippen molar-refractivity contribution in [2.24, 2.45) is 5.73 Å². The molecule has 0 aliphatic carbocycles. The summed E-state index contributed by atoms with van der Waals surface area (Å²) in [5.41, 5.74) is 5.81. The number of pyridine rings is 1. The number of nitrogens with zero attached hydrogens (tertiary/aromatic N) is 1. The normalized spacial score (nSPS) is 11.4. The highest BCUT2D eigenvalue weighted by Crippen LogP contribution is 2.15. The first-order chi connectivity index (χ1) is 11.4. The van der Waals surface area contributed by atoms with Crippen LogP contribution in [0.15, 0.2) is 42.6 Å². The van der Waals surface area contributed by atoms with Gasteiger partial charge >= 0.3 is 5.97 Å². The molecule has 1 unspecified atom stereocenters. The Labute approximate surface area is 142 Å². The first-order valence-electron chi connectivity index (χ1n) is 6.90. The van der Waals surface area contributed by atoms with Crippen molar-refractivity contribution >= 4 is 35.1 Å². The molecule has 0 spiro atoms. The van der Waals surface area contributed by atoms with E-state index in [2.05, 4.69) is 10.3 Å². The molecule has 0 saturated heterocycles. The van der Waals surface area contributed by atoms with E-state index >= 15 is 0 Å². The Morgan fingerprint density at radius 2 is 1.96 bits per heavy atom. The Balaban J connectivity index is 2.05. The summed E-state index contributed by atoms with van der Waals surface area (Å²) in [5, 5.41) is 2.64. The summed E-state index contributed by atoms with van der Waals surface area (Å²) in [7, 11) is 0. The molecule has 1 aromatic heterocycles. The number of primary amides is 1. The number of nitrogens with two attached hydrogens (primary N) is 1. The third-order valence-electron chi connectivity index (χ3n) is 3.07. The molecule has 3 N–H and O–H groups in total. The predicted octanol–water partition coefficient (Wildman–Crippen LogP) is 2.02. The summed E-state index contributed by atoms with van der Waals surface area (Å²) in [6.07, 6.45) is 0.262. The molecule has 24 heavy (non-hydrogen) atoms. The van der Waals surface area contributed by atoms with Crippen LogP contribution in [-0.4, -0.2) is 28.9 Å². The number of amides is 2. The van der Waals surface area contributed by atoms with E-state index < -0.39 is 23.9 Å². The first-order valence-corrected chi connectivity index (χ1v) is 7.28. The summed E-state index contributed by atoms with van der Waals surface area (Å²) in [6, 6.07) is 9.00. The topological polar surface area (TPSA) is 111 Å². The van der Waals surface area contributed by atoms with E-state index in [4.69, 9.17) is 22.1 Å². The maximum atomic E-state index is 12.1. The quantitative estimate of drug-likeness (QED) is 0.634. The van der Waals surface area contributed by atoms with Crippen molar-refractivity contribution in [3.63, 3.8) is 0 Å². The van der Waals surface area contributed by atoms with Gasteiger partial charge in [0.05, 0.1) is 16.8 Å². The maximum Gasteiger partial charge on any atom is 0.339 e. The number of hydrogen-bond donors (Lipinski definition) is 2. The van der Waals surface area contributed by atoms with Gasteiger partial charge in [0.25, 0.3) is 11.8 Å². The number of hydrogen-bond acceptors (Lipinski definition) is 5. The summed E-state index contributed by atoms with van der Waals surface area (Å²) in [5.74, 6) is -2.00. The molecule has 1 heterocycles. The second-order valence-electron chi connectivity index (χ2n) is 4.81. The highest BCUT2D eigenvalue weighted by Gasteiger charge is 2.20. The molecule has 0 fully saturated rings. The van der Waals surface area contributed by atoms with Crippen LogP contribution in [-0.2, 0) is 9.53 Å². The number of ether oxygens (including phenoxy) is 1. The van der Waals surface area contributed by atoms with Crippen molar-refractivity contribution < 1.29 is 19.1 Å². The highest BCUT2D eigenvalue weighted by atomic mass is 35.5. The second-order valence-corrected chi connectivity index (χ2v) is 5.20. The predicted molar refractivity (Wildman–Crippen MR) is 87.7 cm³/mol. The lowest BCUT2D eigenvalue weighted by molar-refractivity contribution is -0.123. The van der Waals surface area contributed by atoms with Gasteiger partial charge in [-0.3, -0.25) is 9.59 Å². The fourth-order valence-corrected chi connectivity index (χ4v) is 2.03. The Morgan fingerprint density at radius 1 is 1.25 bits per heavy atom. The van der Waals surface area contributed by atoms with Crippen LogP contribution in [0.5, 0.6) is 0 Å². The molecule has 2 amide bonds. The van der Waals surface area contributed by atoms with E-state index in [0.29, 0.717) is 0 Å². The number of halogens is 1. The number of esters is 1. The van der Waals surface area contributed by atoms with Crippen LogP contribution < -0.4 is 11.1 Å². The average Bonchev–Trinajstić information content (AvgIpc) is 2.55. The molecule has 1 atom stereocenters. The highest BCUT2D eigenvalue weighted by molar-refractivity contribution is 6.29. The molecule has 7 nitrogen and oxygen atoms in total. The van der Waals surface area contributed by atoms with Gasteiger partial charge in [0.2, 0.25) is 0 Å². The van der Waals surface area contributed by atoms with Crippen LogP contribution in [0.3, 0.4) is 0 Å². The Kier molecular flexibility index (Phi) is 5.49. The van der Waals surface area contributed by atoms with Crippen molar-refractivity contribution in [2.75, 3.05) is 5.32 Å². The van der Waals surface area contributed by atoms with E-state index in [9.17, 15) is 14.4 Å². The monoisotopic (exact) mass is 347 g/mol. The number of carbonyl (C=O) groups is 3. The van der Waals surface area contributed by atoms with Gasteiger partial charge in [-0.1, -0.05) is 23.7 Å². The summed E-state index contributed by atoms with van der Waals surface area (Å²) in [6.45, 7) is 1.41. The number of benzene rings is 1. The van der Waals surface area contributed by atoms with Crippen molar-refractivity contribution in [3.05, 3.63) is 58.9 Å². The number of aromatic nitrogens is 1. The van der Waals surface area contributed by atoms with Gasteiger partial charge in [-0.05, 0) is 31.2 Å². The molecule has 2 rings (SSSR count). The molecule has 0 aliphatic heterocycles. The second kappa shape index (κ2) is 7.56. The van der Waals surface area contributed by atoms with Crippen molar-refractivity contribution in [2.45, 2.75) is 13.0 Å². The molecule has 0 saturated carbocycles. The lowest BCUT2D eigenvalue weighted by atomic mass is 10.1. The third-order valence-corrected chi connectivity index (χ3v) is 3.27.